The van der Waals surface area contributed by atoms with Crippen molar-refractivity contribution >= 4 is 15.5 Å². The molecule has 21 heavy (non-hydrogen) atoms. The molecule has 4 nitrogen and oxygen atoms in total. The lowest BCUT2D eigenvalue weighted by Crippen LogP contribution is -2.61. The highest BCUT2D eigenvalue weighted by Crippen LogP contribution is 2.41. The maximum atomic E-state index is 14.2. The van der Waals surface area contributed by atoms with E-state index in [0.29, 0.717) is 25.1 Å². The molecule has 1 saturated carbocycles. The van der Waals surface area contributed by atoms with Gasteiger partial charge in [-0.25, -0.2) is 12.8 Å². The van der Waals surface area contributed by atoms with E-state index in [1.165, 1.54) is 12.3 Å². The Hall–Kier alpha value is -1.14. The monoisotopic (exact) mass is 314 g/mol. The number of nitrogens with zero attached hydrogens (tertiary/aromatic N) is 1. The number of para-hydroxylation sites is 1. The molecule has 0 heterocycles. The Labute approximate surface area is 126 Å². The van der Waals surface area contributed by atoms with Crippen molar-refractivity contribution in [3.05, 3.63) is 30.1 Å². The molecule has 2 atom stereocenters. The van der Waals surface area contributed by atoms with Gasteiger partial charge >= 0.3 is 0 Å². The molecule has 2 unspecified atom stereocenters. The third kappa shape index (κ3) is 2.79. The molecule has 0 spiro atoms. The highest BCUT2D eigenvalue weighted by Gasteiger charge is 2.51. The number of halogens is 1. The molecule has 1 aliphatic rings. The normalized spacial score (nSPS) is 26.0. The van der Waals surface area contributed by atoms with Gasteiger partial charge in [0.05, 0.1) is 16.5 Å². The highest BCUT2D eigenvalue weighted by molar-refractivity contribution is 7.91. The smallest absolute Gasteiger partial charge is 0.152 e. The zero-order valence-corrected chi connectivity index (χ0v) is 13.4. The topological polar surface area (TPSA) is 63.4 Å². The van der Waals surface area contributed by atoms with Crippen LogP contribution in [0, 0.1) is 5.82 Å². The third-order valence-electron chi connectivity index (χ3n) is 4.54. The molecule has 0 saturated heterocycles. The maximum absolute atomic E-state index is 14.2. The molecule has 118 valence electrons. The van der Waals surface area contributed by atoms with Crippen molar-refractivity contribution in [2.45, 2.75) is 37.0 Å². The lowest BCUT2D eigenvalue weighted by Gasteiger charge is -2.45. The van der Waals surface area contributed by atoms with Gasteiger partial charge in [0.2, 0.25) is 0 Å². The van der Waals surface area contributed by atoms with Crippen LogP contribution in [0.5, 0.6) is 0 Å². The van der Waals surface area contributed by atoms with Crippen molar-refractivity contribution in [1.82, 2.24) is 0 Å². The van der Waals surface area contributed by atoms with Crippen molar-refractivity contribution < 1.29 is 12.8 Å². The van der Waals surface area contributed by atoms with Gasteiger partial charge in [0, 0.05) is 19.3 Å². The van der Waals surface area contributed by atoms with E-state index in [9.17, 15) is 12.8 Å². The number of hydrogen-bond donors (Lipinski definition) is 1. The molecule has 6 heteroatoms. The predicted octanol–water partition coefficient (Wildman–Crippen LogP) is 1.95. The first-order valence-corrected chi connectivity index (χ1v) is 9.23. The Morgan fingerprint density at radius 3 is 2.62 bits per heavy atom. The fourth-order valence-electron chi connectivity index (χ4n) is 3.68. The maximum Gasteiger partial charge on any atom is 0.152 e. The van der Waals surface area contributed by atoms with E-state index in [0.717, 1.165) is 6.42 Å². The molecule has 2 N–H and O–H groups in total. The van der Waals surface area contributed by atoms with Crippen LogP contribution in [-0.2, 0) is 9.84 Å². The van der Waals surface area contributed by atoms with Crippen molar-refractivity contribution in [3.63, 3.8) is 0 Å². The van der Waals surface area contributed by atoms with Crippen molar-refractivity contribution in [1.29, 1.82) is 0 Å². The summed E-state index contributed by atoms with van der Waals surface area (Å²) in [5.74, 6) is -0.341. The first kappa shape index (κ1) is 16.2. The SMILES string of the molecule is CCN(c1ccccc1F)C1(CN)CCCC1S(C)(=O)=O. The van der Waals surface area contributed by atoms with Gasteiger partial charge in [-0.2, -0.15) is 0 Å². The summed E-state index contributed by atoms with van der Waals surface area (Å²) >= 11 is 0. The number of hydrogen-bond acceptors (Lipinski definition) is 4. The lowest BCUT2D eigenvalue weighted by molar-refractivity contribution is 0.400. The quantitative estimate of drug-likeness (QED) is 0.902. The van der Waals surface area contributed by atoms with E-state index in [4.69, 9.17) is 5.73 Å². The van der Waals surface area contributed by atoms with E-state index in [2.05, 4.69) is 0 Å². The Balaban J connectivity index is 2.54. The number of sulfone groups is 1. The minimum atomic E-state index is -3.24. The number of likely N-dealkylation sites (N-methyl/N-ethyl adjacent to an activating group) is 1. The molecular formula is C15H23FN2O2S. The molecule has 1 aliphatic carbocycles. The molecular weight excluding hydrogens is 291 g/mol. The largest absolute Gasteiger partial charge is 0.361 e. The molecule has 0 aliphatic heterocycles. The van der Waals surface area contributed by atoms with Crippen molar-refractivity contribution in [2.75, 3.05) is 24.2 Å². The molecule has 0 radical (unpaired) electrons. The number of benzene rings is 1. The van der Waals surface area contributed by atoms with E-state index in [1.54, 1.807) is 18.2 Å². The Morgan fingerprint density at radius 2 is 2.10 bits per heavy atom. The summed E-state index contributed by atoms with van der Waals surface area (Å²) in [5.41, 5.74) is 5.70. The zero-order valence-electron chi connectivity index (χ0n) is 12.5. The summed E-state index contributed by atoms with van der Waals surface area (Å²) in [6.07, 6.45) is 3.30. The van der Waals surface area contributed by atoms with Gasteiger partial charge in [0.15, 0.2) is 9.84 Å². The Bertz CT molecular complexity index is 605. The minimum Gasteiger partial charge on any atom is -0.361 e. The van der Waals surface area contributed by atoms with Crippen molar-refractivity contribution in [2.24, 2.45) is 5.73 Å². The van der Waals surface area contributed by atoms with Gasteiger partial charge in [0.1, 0.15) is 5.82 Å². The van der Waals surface area contributed by atoms with Gasteiger partial charge in [-0.15, -0.1) is 0 Å². The van der Waals surface area contributed by atoms with Crippen LogP contribution in [0.25, 0.3) is 0 Å². The second-order valence-electron chi connectivity index (χ2n) is 5.71. The summed E-state index contributed by atoms with van der Waals surface area (Å²) in [7, 11) is -3.24. The van der Waals surface area contributed by atoms with Crippen molar-refractivity contribution in [3.8, 4) is 0 Å². The molecule has 2 rings (SSSR count). The van der Waals surface area contributed by atoms with Crippen LogP contribution < -0.4 is 10.6 Å². The van der Waals surface area contributed by atoms with Crippen LogP contribution in [0.3, 0.4) is 0 Å². The molecule has 1 aromatic carbocycles. The summed E-state index contributed by atoms with van der Waals surface area (Å²) in [6.45, 7) is 2.62. The van der Waals surface area contributed by atoms with Gasteiger partial charge in [-0.3, -0.25) is 0 Å². The standard InChI is InChI=1S/C15H23FN2O2S/c1-3-18(13-8-5-4-7-12(13)16)15(11-17)10-6-9-14(15)21(2,19)20/h4-5,7-8,14H,3,6,9-11,17H2,1-2H3. The van der Waals surface area contributed by atoms with E-state index in [-0.39, 0.29) is 12.4 Å². The summed E-state index contributed by atoms with van der Waals surface area (Å²) in [6, 6.07) is 6.47. The predicted molar refractivity (Wildman–Crippen MR) is 83.7 cm³/mol. The van der Waals surface area contributed by atoms with Crippen LogP contribution in [0.4, 0.5) is 10.1 Å². The minimum absolute atomic E-state index is 0.201. The highest BCUT2D eigenvalue weighted by atomic mass is 32.2. The average Bonchev–Trinajstić information content (AvgIpc) is 2.87. The van der Waals surface area contributed by atoms with Crippen LogP contribution in [0.1, 0.15) is 26.2 Å². The van der Waals surface area contributed by atoms with Gasteiger partial charge in [-0.05, 0) is 38.3 Å². The first-order chi connectivity index (χ1) is 9.86. The van der Waals surface area contributed by atoms with Gasteiger partial charge in [-0.1, -0.05) is 12.1 Å². The molecule has 1 aromatic rings. The summed E-state index contributed by atoms with van der Waals surface area (Å²) < 4.78 is 38.5. The van der Waals surface area contributed by atoms with E-state index >= 15 is 0 Å². The number of anilines is 1. The third-order valence-corrected chi connectivity index (χ3v) is 6.25. The van der Waals surface area contributed by atoms with E-state index in [1.807, 2.05) is 11.8 Å². The first-order valence-electron chi connectivity index (χ1n) is 7.28. The Kier molecular flexibility index (Phi) is 4.58. The number of nitrogens with two attached hydrogens (primary N) is 1. The number of rotatable bonds is 5. The summed E-state index contributed by atoms with van der Waals surface area (Å²) in [4.78, 5) is 1.85. The second kappa shape index (κ2) is 5.93. The van der Waals surface area contributed by atoms with E-state index < -0.39 is 20.6 Å². The van der Waals surface area contributed by atoms with Crippen LogP contribution in [0.2, 0.25) is 0 Å². The van der Waals surface area contributed by atoms with Gasteiger partial charge < -0.3 is 10.6 Å². The fourth-order valence-corrected chi connectivity index (χ4v) is 5.42. The molecule has 0 aromatic heterocycles. The average molecular weight is 314 g/mol. The Morgan fingerprint density at radius 1 is 1.43 bits per heavy atom. The van der Waals surface area contributed by atoms with Crippen LogP contribution >= 0.6 is 0 Å². The second-order valence-corrected chi connectivity index (χ2v) is 7.94. The molecule has 1 fully saturated rings. The molecule has 0 bridgehead atoms. The van der Waals surface area contributed by atoms with Crippen LogP contribution in [0.15, 0.2) is 24.3 Å². The van der Waals surface area contributed by atoms with Crippen LogP contribution in [-0.4, -0.2) is 38.6 Å². The summed E-state index contributed by atoms with van der Waals surface area (Å²) in [5, 5.41) is -0.547. The molecule has 0 amide bonds. The lowest BCUT2D eigenvalue weighted by atomic mass is 9.93. The fraction of sp³-hybridized carbons (Fsp3) is 0.600. The zero-order chi connectivity index (χ0) is 15.7. The van der Waals surface area contributed by atoms with Gasteiger partial charge in [0.25, 0.3) is 0 Å².